The molecule has 0 spiro atoms. The fourth-order valence-electron chi connectivity index (χ4n) is 10.9. The van der Waals surface area contributed by atoms with Crippen LogP contribution in [0.4, 0.5) is 0 Å². The van der Waals surface area contributed by atoms with Crippen molar-refractivity contribution in [1.82, 2.24) is 4.57 Å². The average molecular weight is 856 g/mol. The quantitative estimate of drug-likeness (QED) is 0.0694. The molecule has 0 radical (unpaired) electrons. The van der Waals surface area contributed by atoms with Crippen LogP contribution in [0.2, 0.25) is 0 Å². The van der Waals surface area contributed by atoms with Crippen LogP contribution in [0.25, 0.3) is 115 Å². The largest absolute Gasteiger partial charge is 0.340 e. The number of allylic oxidation sites excluding steroid dienone is 1. The van der Waals surface area contributed by atoms with Crippen LogP contribution >= 0.6 is 11.3 Å². The number of hydrogen-bond acceptors (Lipinski definition) is 1. The van der Waals surface area contributed by atoms with Gasteiger partial charge in [-0.3, -0.25) is 0 Å². The van der Waals surface area contributed by atoms with Gasteiger partial charge in [-0.1, -0.05) is 216 Å². The highest BCUT2D eigenvalue weighted by atomic mass is 32.1. The lowest BCUT2D eigenvalue weighted by Gasteiger charge is -2.23. The van der Waals surface area contributed by atoms with E-state index in [1.54, 1.807) is 0 Å². The number of aryl methyl sites for hydroxylation is 1. The van der Waals surface area contributed by atoms with Crippen molar-refractivity contribution >= 4 is 127 Å². The van der Waals surface area contributed by atoms with Crippen molar-refractivity contribution in [2.45, 2.75) is 65.3 Å². The summed E-state index contributed by atoms with van der Waals surface area (Å²) in [6.07, 6.45) is 22.9. The number of thiophene rings is 1. The molecule has 65 heavy (non-hydrogen) atoms. The third kappa shape index (κ3) is 7.16. The van der Waals surface area contributed by atoms with E-state index in [2.05, 4.69) is 207 Å². The maximum absolute atomic E-state index is 2.66. The second-order valence-corrected chi connectivity index (χ2v) is 19.9. The topological polar surface area (TPSA) is 4.93 Å². The first-order chi connectivity index (χ1) is 32.0. The Bertz CT molecular complexity index is 3870. The molecule has 12 rings (SSSR count). The third-order valence-corrected chi connectivity index (χ3v) is 15.6. The van der Waals surface area contributed by atoms with Crippen LogP contribution in [0.15, 0.2) is 158 Å². The zero-order valence-corrected chi connectivity index (χ0v) is 38.2. The molecule has 0 bridgehead atoms. The predicted octanol–water partition coefficient (Wildman–Crippen LogP) is 17.0. The van der Waals surface area contributed by atoms with E-state index in [-0.39, 0.29) is 5.41 Å². The van der Waals surface area contributed by atoms with E-state index in [1.165, 1.54) is 151 Å². The second kappa shape index (κ2) is 16.4. The van der Waals surface area contributed by atoms with Crippen molar-refractivity contribution in [3.05, 3.63) is 185 Å². The van der Waals surface area contributed by atoms with Gasteiger partial charge in [-0.2, -0.15) is 0 Å². The van der Waals surface area contributed by atoms with Gasteiger partial charge in [0, 0.05) is 59.2 Å². The Kier molecular flexibility index (Phi) is 10.0. The molecule has 0 saturated carbocycles. The molecule has 2 aromatic heterocycles. The third-order valence-electron chi connectivity index (χ3n) is 14.4. The summed E-state index contributed by atoms with van der Waals surface area (Å²) in [5, 5.41) is 18.6. The number of fused-ring (bicyclic) bond motifs is 15. The van der Waals surface area contributed by atoms with E-state index in [4.69, 9.17) is 0 Å². The van der Waals surface area contributed by atoms with E-state index in [0.29, 0.717) is 0 Å². The minimum Gasteiger partial charge on any atom is -0.340 e. The molecule has 1 aliphatic carbocycles. The Morgan fingerprint density at radius 3 is 1.95 bits per heavy atom. The number of rotatable bonds is 11. The van der Waals surface area contributed by atoms with Crippen molar-refractivity contribution in [3.63, 3.8) is 0 Å². The molecule has 11 aromatic rings. The Hall–Kier alpha value is -6.74. The number of unbranched alkanes of at least 4 members (excludes halogenated alkanes) is 5. The number of aromatic nitrogens is 1. The highest BCUT2D eigenvalue weighted by molar-refractivity contribution is 7.26. The van der Waals surface area contributed by atoms with Crippen LogP contribution in [-0.2, 0) is 6.54 Å². The fraction of sp³-hybridized carbons (Fsp3) is 0.175. The molecular weight excluding hydrogens is 803 g/mol. The Morgan fingerprint density at radius 2 is 1.12 bits per heavy atom. The fourth-order valence-corrected chi connectivity index (χ4v) is 12.2. The van der Waals surface area contributed by atoms with Gasteiger partial charge in [-0.05, 0) is 90.5 Å². The van der Waals surface area contributed by atoms with Crippen LogP contribution in [-0.4, -0.2) is 4.57 Å². The van der Waals surface area contributed by atoms with E-state index in [1.807, 2.05) is 11.3 Å². The lowest BCUT2D eigenvalue weighted by Crippen LogP contribution is -2.32. The smallest absolute Gasteiger partial charge is 0.0571 e. The molecular formula is C63H53NS. The molecule has 1 nitrogen and oxygen atoms in total. The van der Waals surface area contributed by atoms with Gasteiger partial charge in [0.05, 0.1) is 5.52 Å². The maximum atomic E-state index is 2.66. The SMILES string of the molecule is CCCCCCCCn1c2cc(/C=C/c3ccc4c(ccc5ccccc54)c3)ccc2c2ccc3c(ccc4c5ccc(/C=C/C6(C)C=c7ccc8ccccc8c7=CC6)cc5sc43)c21. The summed E-state index contributed by atoms with van der Waals surface area (Å²) >= 11 is 1.95. The number of benzene rings is 9. The summed E-state index contributed by atoms with van der Waals surface area (Å²) in [4.78, 5) is 0. The van der Waals surface area contributed by atoms with Gasteiger partial charge in [0.2, 0.25) is 0 Å². The molecule has 9 aromatic carbocycles. The molecule has 2 heteroatoms. The van der Waals surface area contributed by atoms with Crippen LogP contribution in [0.3, 0.4) is 0 Å². The Labute approximate surface area is 384 Å². The minimum absolute atomic E-state index is 0.0372. The Morgan fingerprint density at radius 1 is 0.523 bits per heavy atom. The first-order valence-corrected chi connectivity index (χ1v) is 24.7. The van der Waals surface area contributed by atoms with Crippen molar-refractivity contribution in [2.75, 3.05) is 0 Å². The van der Waals surface area contributed by atoms with Crippen LogP contribution in [0.5, 0.6) is 0 Å². The predicted molar refractivity (Wildman–Crippen MR) is 287 cm³/mol. The molecule has 0 aliphatic heterocycles. The van der Waals surface area contributed by atoms with Gasteiger partial charge in [-0.25, -0.2) is 0 Å². The summed E-state index contributed by atoms with van der Waals surface area (Å²) in [5.74, 6) is 0. The minimum atomic E-state index is -0.0372. The molecule has 1 atom stereocenters. The van der Waals surface area contributed by atoms with E-state index in [9.17, 15) is 0 Å². The number of hydrogen-bond donors (Lipinski definition) is 0. The van der Waals surface area contributed by atoms with Gasteiger partial charge in [0.1, 0.15) is 0 Å². The first kappa shape index (κ1) is 39.8. The first-order valence-electron chi connectivity index (χ1n) is 23.8. The van der Waals surface area contributed by atoms with Crippen molar-refractivity contribution in [3.8, 4) is 0 Å². The summed E-state index contributed by atoms with van der Waals surface area (Å²) in [6, 6.07) is 57.1. The standard InChI is InChI=1S/C63H53NS/c1-3-4-5-6-7-12-37-64-59-39-43(18-17-42-19-26-51-47(38-42)24-22-45-13-8-10-15-49(45)51)20-27-53(59)55-29-32-58-56(61(55)64)30-31-57-54-28-21-44(40-60(54)65-62(57)58)33-35-63(2)36-34-52-48(41-63)25-23-46-14-9-11-16-50(46)52/h8-11,13-35,38-41H,3-7,12,36-37H2,1-2H3/b18-17+,35-33+. The normalized spacial score (nSPS) is 15.5. The van der Waals surface area contributed by atoms with Gasteiger partial charge >= 0.3 is 0 Å². The zero-order valence-electron chi connectivity index (χ0n) is 37.4. The van der Waals surface area contributed by atoms with Crippen molar-refractivity contribution < 1.29 is 0 Å². The summed E-state index contributed by atoms with van der Waals surface area (Å²) < 4.78 is 5.39. The molecule has 2 heterocycles. The molecule has 0 fully saturated rings. The van der Waals surface area contributed by atoms with Gasteiger partial charge in [-0.15, -0.1) is 11.3 Å². The highest BCUT2D eigenvalue weighted by Gasteiger charge is 2.20. The molecule has 0 N–H and O–H groups in total. The second-order valence-electron chi connectivity index (χ2n) is 18.8. The van der Waals surface area contributed by atoms with Gasteiger partial charge in [0.15, 0.2) is 0 Å². The number of nitrogens with zero attached hydrogens (tertiary/aromatic N) is 1. The summed E-state index contributed by atoms with van der Waals surface area (Å²) in [5.41, 5.74) is 6.38. The van der Waals surface area contributed by atoms with E-state index < -0.39 is 0 Å². The highest BCUT2D eigenvalue weighted by Crippen LogP contribution is 2.43. The van der Waals surface area contributed by atoms with Gasteiger partial charge in [0.25, 0.3) is 0 Å². The molecule has 316 valence electrons. The van der Waals surface area contributed by atoms with Crippen molar-refractivity contribution in [1.29, 1.82) is 0 Å². The molecule has 0 amide bonds. The van der Waals surface area contributed by atoms with Crippen LogP contribution in [0.1, 0.15) is 75.5 Å². The summed E-state index contributed by atoms with van der Waals surface area (Å²) in [7, 11) is 0. The average Bonchev–Trinajstić information content (AvgIpc) is 3.88. The van der Waals surface area contributed by atoms with Gasteiger partial charge < -0.3 is 4.57 Å². The van der Waals surface area contributed by atoms with Crippen molar-refractivity contribution in [2.24, 2.45) is 5.41 Å². The molecule has 0 saturated heterocycles. The lowest BCUT2D eigenvalue weighted by molar-refractivity contribution is 0.571. The summed E-state index contributed by atoms with van der Waals surface area (Å²) in [6.45, 7) is 5.68. The monoisotopic (exact) mass is 855 g/mol. The zero-order chi connectivity index (χ0) is 43.5. The molecule has 1 unspecified atom stereocenters. The maximum Gasteiger partial charge on any atom is 0.0571 e. The van der Waals surface area contributed by atoms with E-state index in [0.717, 1.165) is 13.0 Å². The lowest BCUT2D eigenvalue weighted by atomic mass is 9.81. The van der Waals surface area contributed by atoms with E-state index >= 15 is 0 Å². The van der Waals surface area contributed by atoms with Crippen LogP contribution in [0, 0.1) is 5.41 Å². The van der Waals surface area contributed by atoms with Crippen LogP contribution < -0.4 is 10.4 Å². The Balaban J connectivity index is 0.903. The molecule has 1 aliphatic rings.